The summed E-state index contributed by atoms with van der Waals surface area (Å²) in [6.45, 7) is 21.0. The zero-order chi connectivity index (χ0) is 42.1. The van der Waals surface area contributed by atoms with E-state index >= 15 is 0 Å². The molecule has 0 bridgehead atoms. The summed E-state index contributed by atoms with van der Waals surface area (Å²) in [5.41, 5.74) is 8.92. The van der Waals surface area contributed by atoms with Gasteiger partial charge in [0.1, 0.15) is 12.2 Å². The van der Waals surface area contributed by atoms with Gasteiger partial charge in [-0.25, -0.2) is 0 Å². The molecule has 0 radical (unpaired) electrons. The van der Waals surface area contributed by atoms with E-state index in [2.05, 4.69) is 130 Å². The smallest absolute Gasteiger partial charge is 0.306 e. The summed E-state index contributed by atoms with van der Waals surface area (Å²) in [4.78, 5) is 45.7. The molecule has 2 atom stereocenters. The van der Waals surface area contributed by atoms with Gasteiger partial charge in [-0.3, -0.25) is 19.2 Å². The number of ether oxygens (including phenoxy) is 2. The molecule has 2 rings (SSSR count). The molecular weight excluding hydrogens is 705 g/mol. The lowest BCUT2D eigenvalue weighted by Crippen LogP contribution is -2.32. The van der Waals surface area contributed by atoms with Crippen molar-refractivity contribution in [3.8, 4) is 0 Å². The number of carboxylic acids is 2. The fourth-order valence-electron chi connectivity index (χ4n) is 7.14. The van der Waals surface area contributed by atoms with Crippen LogP contribution in [0.2, 0.25) is 0 Å². The van der Waals surface area contributed by atoms with Crippen LogP contribution >= 0.6 is 0 Å². The lowest BCUT2D eigenvalue weighted by molar-refractivity contribution is -0.153. The van der Waals surface area contributed by atoms with E-state index in [9.17, 15) is 19.2 Å². The van der Waals surface area contributed by atoms with Crippen molar-refractivity contribution < 1.29 is 38.9 Å². The van der Waals surface area contributed by atoms with Crippen LogP contribution in [-0.4, -0.2) is 46.3 Å². The SMILES string of the molecule is CC(C=CC=C(C)C=CC1=C(C)CC(OC(=O)CCC(=O)O)CC1(C)C)=CC=CC=C(C)C=CC=C(C)C=CC1=C(C)CC(OC(=O)CCC(=O)O)CC1(C)C. The Kier molecular flexibility index (Phi) is 19.0. The number of carbonyl (C=O) groups is 4. The number of carboxylic acid groups (broad SMARTS) is 2. The third kappa shape index (κ3) is 17.7. The Labute approximate surface area is 335 Å². The molecule has 2 aliphatic carbocycles. The van der Waals surface area contributed by atoms with Gasteiger partial charge in [-0.1, -0.05) is 146 Å². The van der Waals surface area contributed by atoms with Crippen LogP contribution in [0.25, 0.3) is 0 Å². The van der Waals surface area contributed by atoms with Gasteiger partial charge < -0.3 is 19.7 Å². The van der Waals surface area contributed by atoms with Crippen LogP contribution in [0.3, 0.4) is 0 Å². The van der Waals surface area contributed by atoms with Crippen LogP contribution in [0.5, 0.6) is 0 Å². The molecule has 304 valence electrons. The van der Waals surface area contributed by atoms with Gasteiger partial charge in [-0.05, 0) is 76.4 Å². The Bertz CT molecular complexity index is 1660. The van der Waals surface area contributed by atoms with E-state index in [-0.39, 0.29) is 48.7 Å². The van der Waals surface area contributed by atoms with Gasteiger partial charge in [0.2, 0.25) is 0 Å². The molecule has 0 aliphatic heterocycles. The lowest BCUT2D eigenvalue weighted by Gasteiger charge is -2.37. The maximum absolute atomic E-state index is 12.1. The maximum atomic E-state index is 12.1. The first-order valence-corrected chi connectivity index (χ1v) is 19.5. The minimum absolute atomic E-state index is 0.107. The zero-order valence-corrected chi connectivity index (χ0v) is 35.2. The Morgan fingerprint density at radius 1 is 0.554 bits per heavy atom. The second kappa shape index (κ2) is 22.5. The minimum Gasteiger partial charge on any atom is -0.481 e. The molecule has 0 saturated carbocycles. The van der Waals surface area contributed by atoms with Gasteiger partial charge in [0.15, 0.2) is 0 Å². The number of hydrogen-bond donors (Lipinski definition) is 2. The van der Waals surface area contributed by atoms with Crippen molar-refractivity contribution in [3.63, 3.8) is 0 Å². The lowest BCUT2D eigenvalue weighted by atomic mass is 9.71. The van der Waals surface area contributed by atoms with E-state index in [1.165, 1.54) is 22.3 Å². The molecule has 2 N–H and O–H groups in total. The summed E-state index contributed by atoms with van der Waals surface area (Å²) in [6, 6.07) is 0. The predicted octanol–water partition coefficient (Wildman–Crippen LogP) is 11.4. The molecular formula is C48H64O8. The average molecular weight is 769 g/mol. The van der Waals surface area contributed by atoms with Crippen molar-refractivity contribution in [1.29, 1.82) is 0 Å². The monoisotopic (exact) mass is 768 g/mol. The molecule has 0 saturated heterocycles. The summed E-state index contributed by atoms with van der Waals surface area (Å²) >= 11 is 0. The average Bonchev–Trinajstić information content (AvgIpc) is 3.07. The van der Waals surface area contributed by atoms with Crippen LogP contribution in [0.4, 0.5) is 0 Å². The van der Waals surface area contributed by atoms with Crippen LogP contribution < -0.4 is 0 Å². The first kappa shape index (κ1) is 47.2. The van der Waals surface area contributed by atoms with E-state index in [4.69, 9.17) is 19.7 Å². The fourth-order valence-corrected chi connectivity index (χ4v) is 7.14. The summed E-state index contributed by atoms with van der Waals surface area (Å²) < 4.78 is 11.2. The van der Waals surface area contributed by atoms with E-state index in [0.717, 1.165) is 22.3 Å². The van der Waals surface area contributed by atoms with Gasteiger partial charge >= 0.3 is 23.9 Å². The highest BCUT2D eigenvalue weighted by atomic mass is 16.5. The van der Waals surface area contributed by atoms with E-state index < -0.39 is 23.9 Å². The number of carbonyl (C=O) groups excluding carboxylic acids is 2. The van der Waals surface area contributed by atoms with Crippen molar-refractivity contribution in [2.75, 3.05) is 0 Å². The Morgan fingerprint density at radius 3 is 1.20 bits per heavy atom. The van der Waals surface area contributed by atoms with Crippen LogP contribution in [0.15, 0.2) is 130 Å². The molecule has 2 unspecified atom stereocenters. The Hall–Kier alpha value is -4.98. The quantitative estimate of drug-likeness (QED) is 0.104. The highest BCUT2D eigenvalue weighted by Gasteiger charge is 2.35. The summed E-state index contributed by atoms with van der Waals surface area (Å²) in [6.07, 6.45) is 30.6. The molecule has 0 aromatic heterocycles. The van der Waals surface area contributed by atoms with Crippen molar-refractivity contribution >= 4 is 23.9 Å². The fraction of sp³-hybridized carbons (Fsp3) is 0.458. The van der Waals surface area contributed by atoms with Crippen molar-refractivity contribution in [3.05, 3.63) is 130 Å². The second-order valence-electron chi connectivity index (χ2n) is 16.4. The molecule has 8 nitrogen and oxygen atoms in total. The minimum atomic E-state index is -1.00. The predicted molar refractivity (Wildman–Crippen MR) is 226 cm³/mol. The standard InChI is InChI=1S/C48H64O8/c1-33(17-13-19-35(3)21-23-41-37(5)29-39(31-47(41,7)8)55-45(53)27-25-43(49)50)15-11-12-16-34(2)18-14-20-36(4)22-24-42-38(6)30-40(32-48(42,9)10)56-46(54)28-26-44(51)52/h11-24,39-40H,25-32H2,1-10H3,(H,49,50)(H,51,52). The van der Waals surface area contributed by atoms with Crippen molar-refractivity contribution in [2.45, 2.75) is 133 Å². The molecule has 0 spiro atoms. The summed E-state index contributed by atoms with van der Waals surface area (Å²) in [7, 11) is 0. The number of rotatable bonds is 18. The first-order valence-electron chi connectivity index (χ1n) is 19.5. The highest BCUT2D eigenvalue weighted by molar-refractivity contribution is 5.77. The molecule has 0 fully saturated rings. The normalized spacial score (nSPS) is 21.3. The molecule has 0 aromatic carbocycles. The number of esters is 2. The van der Waals surface area contributed by atoms with Crippen LogP contribution in [0, 0.1) is 10.8 Å². The molecule has 8 heteroatoms. The number of aliphatic carboxylic acids is 2. The van der Waals surface area contributed by atoms with E-state index in [1.54, 1.807) is 0 Å². The maximum Gasteiger partial charge on any atom is 0.306 e. The molecule has 0 amide bonds. The summed E-state index contributed by atoms with van der Waals surface area (Å²) in [5, 5.41) is 17.7. The van der Waals surface area contributed by atoms with E-state index in [0.29, 0.717) is 25.7 Å². The van der Waals surface area contributed by atoms with Crippen molar-refractivity contribution in [1.82, 2.24) is 0 Å². The molecule has 0 heterocycles. The molecule has 0 aromatic rings. The van der Waals surface area contributed by atoms with Crippen LogP contribution in [-0.2, 0) is 28.7 Å². The topological polar surface area (TPSA) is 127 Å². The largest absolute Gasteiger partial charge is 0.481 e. The van der Waals surface area contributed by atoms with Gasteiger partial charge in [0.05, 0.1) is 25.7 Å². The summed E-state index contributed by atoms with van der Waals surface area (Å²) in [5.74, 6) is -2.92. The number of hydrogen-bond acceptors (Lipinski definition) is 6. The van der Waals surface area contributed by atoms with Gasteiger partial charge in [-0.15, -0.1) is 0 Å². The third-order valence-corrected chi connectivity index (χ3v) is 9.90. The van der Waals surface area contributed by atoms with E-state index in [1.807, 2.05) is 24.3 Å². The van der Waals surface area contributed by atoms with Crippen LogP contribution in [0.1, 0.15) is 121 Å². The van der Waals surface area contributed by atoms with Crippen molar-refractivity contribution in [2.24, 2.45) is 10.8 Å². The third-order valence-electron chi connectivity index (χ3n) is 9.90. The molecule has 56 heavy (non-hydrogen) atoms. The highest BCUT2D eigenvalue weighted by Crippen LogP contribution is 2.43. The van der Waals surface area contributed by atoms with Gasteiger partial charge in [-0.2, -0.15) is 0 Å². The Morgan fingerprint density at radius 2 is 0.875 bits per heavy atom. The second-order valence-corrected chi connectivity index (χ2v) is 16.4. The van der Waals surface area contributed by atoms with Gasteiger partial charge in [0, 0.05) is 12.8 Å². The zero-order valence-electron chi connectivity index (χ0n) is 35.2. The van der Waals surface area contributed by atoms with Gasteiger partial charge in [0.25, 0.3) is 0 Å². The Balaban J connectivity index is 1.91. The first-order chi connectivity index (χ1) is 26.2. The molecule has 2 aliphatic rings. The number of allylic oxidation sites excluding steroid dienone is 20.